The van der Waals surface area contributed by atoms with Gasteiger partial charge < -0.3 is 20.1 Å². The zero-order valence-electron chi connectivity index (χ0n) is 13.0. The second kappa shape index (κ2) is 6.55. The minimum atomic E-state index is -1.43. The summed E-state index contributed by atoms with van der Waals surface area (Å²) in [5.74, 6) is 0. The van der Waals surface area contributed by atoms with Gasteiger partial charge in [-0.3, -0.25) is 0 Å². The van der Waals surface area contributed by atoms with Crippen LogP contribution in [0.2, 0.25) is 0 Å². The fourth-order valence-corrected chi connectivity index (χ4v) is 5.06. The molecular formula is C15H18B2O4S2. The van der Waals surface area contributed by atoms with Crippen molar-refractivity contribution < 1.29 is 20.1 Å². The summed E-state index contributed by atoms with van der Waals surface area (Å²) in [5, 5.41) is 37.6. The number of aryl methyl sites for hydroxylation is 2. The highest BCUT2D eigenvalue weighted by atomic mass is 32.1. The fraction of sp³-hybridized carbons (Fsp3) is 0.333. The molecule has 23 heavy (non-hydrogen) atoms. The van der Waals surface area contributed by atoms with Crippen LogP contribution < -0.4 is 9.55 Å². The first-order valence-corrected chi connectivity index (χ1v) is 9.17. The Labute approximate surface area is 144 Å². The third kappa shape index (κ3) is 3.20. The molecule has 1 aliphatic carbocycles. The highest BCUT2D eigenvalue weighted by Crippen LogP contribution is 2.42. The first kappa shape index (κ1) is 16.9. The lowest BCUT2D eigenvalue weighted by atomic mass is 9.86. The summed E-state index contributed by atoms with van der Waals surface area (Å²) in [6, 6.07) is 3.74. The van der Waals surface area contributed by atoms with Crippen LogP contribution in [-0.2, 0) is 0 Å². The van der Waals surface area contributed by atoms with E-state index in [0.717, 1.165) is 40.1 Å². The monoisotopic (exact) mass is 348 g/mol. The Hall–Kier alpha value is -0.890. The molecule has 4 N–H and O–H groups in total. The zero-order chi connectivity index (χ0) is 16.7. The molecule has 0 amide bonds. The minimum Gasteiger partial charge on any atom is -0.423 e. The van der Waals surface area contributed by atoms with Gasteiger partial charge in [-0.15, -0.1) is 22.7 Å². The van der Waals surface area contributed by atoms with E-state index in [1.165, 1.54) is 33.8 Å². The second-order valence-electron chi connectivity index (χ2n) is 5.80. The van der Waals surface area contributed by atoms with Crippen molar-refractivity contribution in [1.82, 2.24) is 0 Å². The van der Waals surface area contributed by atoms with E-state index in [4.69, 9.17) is 0 Å². The van der Waals surface area contributed by atoms with Gasteiger partial charge >= 0.3 is 14.2 Å². The summed E-state index contributed by atoms with van der Waals surface area (Å²) in [6.07, 6.45) is 2.98. The van der Waals surface area contributed by atoms with E-state index in [2.05, 4.69) is 0 Å². The van der Waals surface area contributed by atoms with Crippen molar-refractivity contribution in [3.8, 4) is 0 Å². The molecule has 2 aromatic heterocycles. The molecule has 8 heteroatoms. The number of thiophene rings is 2. The summed E-state index contributed by atoms with van der Waals surface area (Å²) < 4.78 is 1.12. The van der Waals surface area contributed by atoms with Crippen LogP contribution >= 0.6 is 22.7 Å². The predicted octanol–water partition coefficient (Wildman–Crippen LogP) is 0.881. The van der Waals surface area contributed by atoms with Gasteiger partial charge in [-0.05, 0) is 67.5 Å². The smallest absolute Gasteiger partial charge is 0.423 e. The summed E-state index contributed by atoms with van der Waals surface area (Å²) in [4.78, 5) is 2.16. The van der Waals surface area contributed by atoms with Crippen LogP contribution in [0.4, 0.5) is 0 Å². The molecular weight excluding hydrogens is 330 g/mol. The molecule has 0 aliphatic heterocycles. The second-order valence-corrected chi connectivity index (χ2v) is 8.37. The van der Waals surface area contributed by atoms with Crippen molar-refractivity contribution in [2.45, 2.75) is 33.1 Å². The van der Waals surface area contributed by atoms with Gasteiger partial charge in [0.25, 0.3) is 0 Å². The molecule has 0 saturated carbocycles. The Balaban J connectivity index is 2.09. The Morgan fingerprint density at radius 1 is 0.783 bits per heavy atom. The van der Waals surface area contributed by atoms with Gasteiger partial charge in [0.15, 0.2) is 0 Å². The van der Waals surface area contributed by atoms with Crippen molar-refractivity contribution in [3.05, 3.63) is 33.0 Å². The topological polar surface area (TPSA) is 80.9 Å². The first-order chi connectivity index (χ1) is 10.9. The van der Waals surface area contributed by atoms with Crippen LogP contribution in [0.15, 0.2) is 12.1 Å². The van der Waals surface area contributed by atoms with Crippen LogP contribution in [0.3, 0.4) is 0 Å². The van der Waals surface area contributed by atoms with Gasteiger partial charge in [0.05, 0.1) is 0 Å². The van der Waals surface area contributed by atoms with Crippen LogP contribution in [0.25, 0.3) is 11.1 Å². The minimum absolute atomic E-state index is 0.560. The van der Waals surface area contributed by atoms with Gasteiger partial charge in [-0.25, -0.2) is 0 Å². The van der Waals surface area contributed by atoms with E-state index in [-0.39, 0.29) is 0 Å². The van der Waals surface area contributed by atoms with Crippen molar-refractivity contribution in [3.63, 3.8) is 0 Å². The number of allylic oxidation sites excluding steroid dienone is 2. The standard InChI is InChI=1S/C15H18B2O4S2/c1-8-12(6-14(22-8)16(18)19)10-4-3-5-11(10)13-7-15(17(20)21)23-9(13)2/h6-7,18-21H,3-5H2,1-2H3. The Morgan fingerprint density at radius 3 is 1.48 bits per heavy atom. The van der Waals surface area contributed by atoms with Gasteiger partial charge in [0.1, 0.15) is 0 Å². The first-order valence-electron chi connectivity index (χ1n) is 7.54. The van der Waals surface area contributed by atoms with E-state index in [0.29, 0.717) is 9.55 Å². The van der Waals surface area contributed by atoms with Crippen LogP contribution in [0.5, 0.6) is 0 Å². The number of rotatable bonds is 4. The Bertz CT molecular complexity index is 699. The maximum absolute atomic E-state index is 9.39. The molecule has 0 atom stereocenters. The molecule has 0 bridgehead atoms. The summed E-state index contributed by atoms with van der Waals surface area (Å²) in [7, 11) is -2.87. The predicted molar refractivity (Wildman–Crippen MR) is 98.4 cm³/mol. The normalized spacial score (nSPS) is 14.7. The van der Waals surface area contributed by atoms with Crippen LogP contribution in [0, 0.1) is 13.8 Å². The van der Waals surface area contributed by atoms with E-state index < -0.39 is 14.2 Å². The fourth-order valence-electron chi connectivity index (χ4n) is 3.20. The quantitative estimate of drug-likeness (QED) is 0.619. The lowest BCUT2D eigenvalue weighted by Gasteiger charge is -2.07. The van der Waals surface area contributed by atoms with E-state index >= 15 is 0 Å². The molecule has 0 radical (unpaired) electrons. The molecule has 0 fully saturated rings. The molecule has 1 aliphatic rings. The summed E-state index contributed by atoms with van der Waals surface area (Å²) in [5.41, 5.74) is 4.65. The number of hydrogen-bond acceptors (Lipinski definition) is 6. The number of hydrogen-bond donors (Lipinski definition) is 4. The van der Waals surface area contributed by atoms with Crippen LogP contribution in [0.1, 0.15) is 40.1 Å². The van der Waals surface area contributed by atoms with Gasteiger partial charge in [0.2, 0.25) is 0 Å². The lowest BCUT2D eigenvalue weighted by molar-refractivity contribution is 0.425. The third-order valence-corrected chi connectivity index (χ3v) is 6.43. The maximum Gasteiger partial charge on any atom is 0.499 e. The Kier molecular flexibility index (Phi) is 4.82. The van der Waals surface area contributed by atoms with Crippen molar-refractivity contribution in [2.75, 3.05) is 0 Å². The highest BCUT2D eigenvalue weighted by molar-refractivity contribution is 7.22. The van der Waals surface area contributed by atoms with Crippen molar-refractivity contribution in [1.29, 1.82) is 0 Å². The molecule has 0 unspecified atom stereocenters. The van der Waals surface area contributed by atoms with Gasteiger partial charge in [0, 0.05) is 19.3 Å². The molecule has 0 saturated heterocycles. The molecule has 3 rings (SSSR count). The molecule has 2 heterocycles. The molecule has 0 spiro atoms. The zero-order valence-corrected chi connectivity index (χ0v) is 14.7. The molecule has 2 aromatic rings. The largest absolute Gasteiger partial charge is 0.499 e. The van der Waals surface area contributed by atoms with E-state index in [1.54, 1.807) is 0 Å². The molecule has 120 valence electrons. The average Bonchev–Trinajstić information content (AvgIpc) is 3.15. The van der Waals surface area contributed by atoms with Gasteiger partial charge in [-0.2, -0.15) is 0 Å². The van der Waals surface area contributed by atoms with E-state index in [9.17, 15) is 20.1 Å². The van der Waals surface area contributed by atoms with Crippen LogP contribution in [-0.4, -0.2) is 34.3 Å². The van der Waals surface area contributed by atoms with Crippen molar-refractivity contribution >= 4 is 57.6 Å². The maximum atomic E-state index is 9.39. The lowest BCUT2D eigenvalue weighted by Crippen LogP contribution is -2.26. The summed E-state index contributed by atoms with van der Waals surface area (Å²) in [6.45, 7) is 4.00. The van der Waals surface area contributed by atoms with Gasteiger partial charge in [-0.1, -0.05) is 0 Å². The van der Waals surface area contributed by atoms with E-state index in [1.807, 2.05) is 26.0 Å². The average molecular weight is 348 g/mol. The third-order valence-electron chi connectivity index (χ3n) is 4.25. The molecule has 0 aromatic carbocycles. The SMILES string of the molecule is Cc1sc(B(O)O)cc1C1=C(c2cc(B(O)O)sc2C)CCC1. The van der Waals surface area contributed by atoms with Crippen molar-refractivity contribution in [2.24, 2.45) is 0 Å². The summed E-state index contributed by atoms with van der Waals surface area (Å²) >= 11 is 2.82. The molecule has 4 nitrogen and oxygen atoms in total. The Morgan fingerprint density at radius 2 is 1.17 bits per heavy atom. The highest BCUT2D eigenvalue weighted by Gasteiger charge is 2.26.